The smallest absolute Gasteiger partial charge is 0.322 e. The Hall–Kier alpha value is -3.21. The summed E-state index contributed by atoms with van der Waals surface area (Å²) in [7, 11) is 0. The second kappa shape index (κ2) is 6.96. The van der Waals surface area contributed by atoms with E-state index < -0.39 is 49.5 Å². The Morgan fingerprint density at radius 3 is 2.00 bits per heavy atom. The number of amides is 1. The Morgan fingerprint density at radius 2 is 1.54 bits per heavy atom. The standard InChI is InChI=1S/C14H7ClF3N3O5/c15-12-2-1-8(5-11(12)14(16,17)18)19-13(22)7-3-9(20(23)24)6-10(4-7)21(25)26/h1-6H,(H,19,22). The molecule has 2 aromatic carbocycles. The lowest BCUT2D eigenvalue weighted by molar-refractivity contribution is -0.394. The summed E-state index contributed by atoms with van der Waals surface area (Å²) in [6, 6.07) is 4.76. The Balaban J connectivity index is 2.39. The molecule has 0 saturated heterocycles. The number of hydrogen-bond donors (Lipinski definition) is 1. The number of alkyl halides is 3. The third-order valence-electron chi connectivity index (χ3n) is 3.12. The minimum absolute atomic E-state index is 0.291. The highest BCUT2D eigenvalue weighted by Crippen LogP contribution is 2.36. The van der Waals surface area contributed by atoms with Crippen molar-refractivity contribution >= 4 is 34.6 Å². The second-order valence-electron chi connectivity index (χ2n) is 4.90. The molecule has 0 aromatic heterocycles. The third-order valence-corrected chi connectivity index (χ3v) is 3.45. The van der Waals surface area contributed by atoms with Gasteiger partial charge in [0, 0.05) is 17.8 Å². The number of hydrogen-bond acceptors (Lipinski definition) is 5. The van der Waals surface area contributed by atoms with Crippen LogP contribution in [-0.4, -0.2) is 15.8 Å². The molecule has 0 saturated carbocycles. The van der Waals surface area contributed by atoms with Gasteiger partial charge in [0.15, 0.2) is 0 Å². The van der Waals surface area contributed by atoms with E-state index >= 15 is 0 Å². The number of non-ortho nitro benzene ring substituents is 2. The van der Waals surface area contributed by atoms with E-state index in [9.17, 15) is 38.2 Å². The van der Waals surface area contributed by atoms with Crippen molar-refractivity contribution in [3.8, 4) is 0 Å². The van der Waals surface area contributed by atoms with Gasteiger partial charge in [0.05, 0.1) is 32.1 Å². The van der Waals surface area contributed by atoms with Gasteiger partial charge < -0.3 is 5.32 Å². The summed E-state index contributed by atoms with van der Waals surface area (Å²) < 4.78 is 38.5. The van der Waals surface area contributed by atoms with Crippen LogP contribution in [0, 0.1) is 20.2 Å². The van der Waals surface area contributed by atoms with Crippen LogP contribution in [0.4, 0.5) is 30.2 Å². The van der Waals surface area contributed by atoms with Gasteiger partial charge in [0.25, 0.3) is 17.3 Å². The molecule has 0 aliphatic heterocycles. The van der Waals surface area contributed by atoms with Crippen molar-refractivity contribution in [3.63, 3.8) is 0 Å². The molecule has 136 valence electrons. The Labute approximate surface area is 147 Å². The molecule has 1 N–H and O–H groups in total. The van der Waals surface area contributed by atoms with Gasteiger partial charge in [-0.15, -0.1) is 0 Å². The highest BCUT2D eigenvalue weighted by Gasteiger charge is 2.33. The first-order valence-electron chi connectivity index (χ1n) is 6.61. The second-order valence-corrected chi connectivity index (χ2v) is 5.31. The maximum atomic E-state index is 12.8. The van der Waals surface area contributed by atoms with E-state index in [-0.39, 0.29) is 5.69 Å². The van der Waals surface area contributed by atoms with Crippen LogP contribution in [0.25, 0.3) is 0 Å². The summed E-state index contributed by atoms with van der Waals surface area (Å²) in [5.41, 5.74) is -3.37. The van der Waals surface area contributed by atoms with Gasteiger partial charge in [0.2, 0.25) is 0 Å². The molecule has 0 fully saturated rings. The first-order valence-corrected chi connectivity index (χ1v) is 6.99. The third kappa shape index (κ3) is 4.25. The summed E-state index contributed by atoms with van der Waals surface area (Å²) in [6.07, 6.45) is -4.76. The quantitative estimate of drug-likeness (QED) is 0.613. The lowest BCUT2D eigenvalue weighted by Crippen LogP contribution is -2.14. The molecule has 0 aliphatic carbocycles. The predicted octanol–water partition coefficient (Wildman–Crippen LogP) is 4.43. The van der Waals surface area contributed by atoms with Gasteiger partial charge in [-0.2, -0.15) is 13.2 Å². The number of nitro groups is 2. The Kier molecular flexibility index (Phi) is 5.12. The summed E-state index contributed by atoms with van der Waals surface area (Å²) in [4.78, 5) is 31.9. The van der Waals surface area contributed by atoms with E-state index in [2.05, 4.69) is 5.32 Å². The van der Waals surface area contributed by atoms with Gasteiger partial charge in [-0.3, -0.25) is 25.0 Å². The molecule has 1 amide bonds. The minimum atomic E-state index is -4.76. The fourth-order valence-electron chi connectivity index (χ4n) is 1.96. The number of nitrogens with one attached hydrogen (secondary N) is 1. The zero-order valence-electron chi connectivity index (χ0n) is 12.4. The number of carbonyl (C=O) groups excluding carboxylic acids is 1. The number of nitrogens with zero attached hydrogens (tertiary/aromatic N) is 2. The van der Waals surface area contributed by atoms with Gasteiger partial charge >= 0.3 is 6.18 Å². The summed E-state index contributed by atoms with van der Waals surface area (Å²) in [6.45, 7) is 0. The monoisotopic (exact) mass is 389 g/mol. The van der Waals surface area contributed by atoms with Crippen LogP contribution >= 0.6 is 11.6 Å². The fraction of sp³-hybridized carbons (Fsp3) is 0.0714. The molecule has 26 heavy (non-hydrogen) atoms. The van der Waals surface area contributed by atoms with Crippen molar-refractivity contribution in [2.75, 3.05) is 5.32 Å². The average Bonchev–Trinajstić information content (AvgIpc) is 2.55. The molecule has 8 nitrogen and oxygen atoms in total. The van der Waals surface area contributed by atoms with Crippen LogP contribution in [0.3, 0.4) is 0 Å². The molecule has 2 rings (SSSR count). The molecule has 0 radical (unpaired) electrons. The molecular formula is C14H7ClF3N3O5. The van der Waals surface area contributed by atoms with E-state index in [1.807, 2.05) is 0 Å². The van der Waals surface area contributed by atoms with E-state index in [4.69, 9.17) is 11.6 Å². The van der Waals surface area contributed by atoms with Gasteiger partial charge in [-0.1, -0.05) is 11.6 Å². The molecule has 0 bridgehead atoms. The topological polar surface area (TPSA) is 115 Å². The number of carbonyl (C=O) groups is 1. The van der Waals surface area contributed by atoms with Crippen molar-refractivity contribution in [1.29, 1.82) is 0 Å². The van der Waals surface area contributed by atoms with Crippen molar-refractivity contribution in [2.24, 2.45) is 0 Å². The van der Waals surface area contributed by atoms with E-state index in [0.29, 0.717) is 12.1 Å². The summed E-state index contributed by atoms with van der Waals surface area (Å²) in [5.74, 6) is -1.06. The fourth-order valence-corrected chi connectivity index (χ4v) is 2.19. The van der Waals surface area contributed by atoms with Crippen LogP contribution in [0.1, 0.15) is 15.9 Å². The largest absolute Gasteiger partial charge is 0.417 e. The molecule has 0 atom stereocenters. The van der Waals surface area contributed by atoms with E-state index in [0.717, 1.165) is 24.3 Å². The van der Waals surface area contributed by atoms with Crippen LogP contribution in [0.2, 0.25) is 5.02 Å². The lowest BCUT2D eigenvalue weighted by Gasteiger charge is -2.11. The minimum Gasteiger partial charge on any atom is -0.322 e. The SMILES string of the molecule is O=C(Nc1ccc(Cl)c(C(F)(F)F)c1)c1cc([N+](=O)[O-])cc([N+](=O)[O-])c1. The molecular weight excluding hydrogens is 383 g/mol. The highest BCUT2D eigenvalue weighted by atomic mass is 35.5. The molecule has 0 unspecified atom stereocenters. The average molecular weight is 390 g/mol. The van der Waals surface area contributed by atoms with Gasteiger partial charge in [0.1, 0.15) is 0 Å². The number of benzene rings is 2. The van der Waals surface area contributed by atoms with Crippen molar-refractivity contribution in [1.82, 2.24) is 0 Å². The number of nitro benzene ring substituents is 2. The number of rotatable bonds is 4. The van der Waals surface area contributed by atoms with Gasteiger partial charge in [-0.05, 0) is 18.2 Å². The zero-order valence-corrected chi connectivity index (χ0v) is 13.2. The number of anilines is 1. The first-order chi connectivity index (χ1) is 12.0. The van der Waals surface area contributed by atoms with Gasteiger partial charge in [-0.25, -0.2) is 0 Å². The van der Waals surface area contributed by atoms with E-state index in [1.165, 1.54) is 0 Å². The van der Waals surface area contributed by atoms with Crippen LogP contribution in [-0.2, 0) is 6.18 Å². The highest BCUT2D eigenvalue weighted by molar-refractivity contribution is 6.31. The molecule has 0 aliphatic rings. The maximum Gasteiger partial charge on any atom is 0.417 e. The van der Waals surface area contributed by atoms with E-state index in [1.54, 1.807) is 0 Å². The number of halogens is 4. The van der Waals surface area contributed by atoms with Crippen molar-refractivity contribution in [3.05, 3.63) is 72.8 Å². The Bertz CT molecular complexity index is 885. The van der Waals surface area contributed by atoms with Crippen molar-refractivity contribution in [2.45, 2.75) is 6.18 Å². The van der Waals surface area contributed by atoms with Crippen LogP contribution in [0.5, 0.6) is 0 Å². The molecule has 2 aromatic rings. The molecule has 12 heteroatoms. The first kappa shape index (κ1) is 19.1. The molecule has 0 heterocycles. The van der Waals surface area contributed by atoms with Crippen molar-refractivity contribution < 1.29 is 27.8 Å². The predicted molar refractivity (Wildman–Crippen MR) is 84.2 cm³/mol. The van der Waals surface area contributed by atoms with Crippen LogP contribution in [0.15, 0.2) is 36.4 Å². The van der Waals surface area contributed by atoms with Crippen LogP contribution < -0.4 is 5.32 Å². The zero-order chi connectivity index (χ0) is 19.6. The molecule has 0 spiro atoms. The maximum absolute atomic E-state index is 12.8. The lowest BCUT2D eigenvalue weighted by atomic mass is 10.1. The Morgan fingerprint density at radius 1 is 1.00 bits per heavy atom. The summed E-state index contributed by atoms with van der Waals surface area (Å²) in [5, 5.41) is 23.1. The summed E-state index contributed by atoms with van der Waals surface area (Å²) >= 11 is 5.46. The normalized spacial score (nSPS) is 11.1.